The third-order valence-corrected chi connectivity index (χ3v) is 3.04. The van der Waals surface area contributed by atoms with Gasteiger partial charge in [-0.25, -0.2) is 0 Å². The van der Waals surface area contributed by atoms with Crippen LogP contribution in [0.3, 0.4) is 0 Å². The lowest BCUT2D eigenvalue weighted by atomic mass is 10.2. The highest BCUT2D eigenvalue weighted by atomic mass is 79.9. The van der Waals surface area contributed by atoms with Crippen LogP contribution in [-0.4, -0.2) is 4.98 Å². The monoisotopic (exact) mass is 334 g/mol. The Labute approximate surface area is 114 Å². The number of nitrogens with zero attached hydrogens (tertiary/aromatic N) is 1. The molecule has 19 heavy (non-hydrogen) atoms. The Morgan fingerprint density at radius 1 is 1.05 bits per heavy atom. The van der Waals surface area contributed by atoms with Gasteiger partial charge in [-0.3, -0.25) is 0 Å². The summed E-state index contributed by atoms with van der Waals surface area (Å²) in [5.74, 6) is -6.56. The Kier molecular flexibility index (Phi) is 3.75. The number of aryl methyl sites for hydroxylation is 1. The van der Waals surface area contributed by atoms with E-state index in [4.69, 9.17) is 0 Å². The number of benzene rings is 1. The van der Waals surface area contributed by atoms with Crippen molar-refractivity contribution in [3.8, 4) is 0 Å². The van der Waals surface area contributed by atoms with Crippen molar-refractivity contribution < 1.29 is 17.6 Å². The Bertz CT molecular complexity index is 620. The Hall–Kier alpha value is -1.63. The second kappa shape index (κ2) is 5.16. The molecule has 0 saturated heterocycles. The van der Waals surface area contributed by atoms with Crippen LogP contribution in [0.1, 0.15) is 5.56 Å². The third kappa shape index (κ3) is 2.70. The number of halogens is 5. The standard InChI is InChI=1S/C12H7BrF4N2/c1-5-2-3-7(6(13)4-5)18-10-8(14)11(16)19-12(17)9(10)15/h2-4H,1H3,(H,18,19). The Balaban J connectivity index is 2.49. The van der Waals surface area contributed by atoms with E-state index in [1.54, 1.807) is 12.1 Å². The van der Waals surface area contributed by atoms with E-state index in [1.165, 1.54) is 6.07 Å². The fourth-order valence-corrected chi connectivity index (χ4v) is 2.05. The van der Waals surface area contributed by atoms with Crippen LogP contribution in [0.15, 0.2) is 22.7 Å². The van der Waals surface area contributed by atoms with Crippen LogP contribution < -0.4 is 5.32 Å². The highest BCUT2D eigenvalue weighted by Gasteiger charge is 2.21. The number of anilines is 2. The maximum absolute atomic E-state index is 13.4. The molecule has 0 fully saturated rings. The molecule has 1 aromatic heterocycles. The molecule has 0 radical (unpaired) electrons. The van der Waals surface area contributed by atoms with Crippen molar-refractivity contribution in [1.82, 2.24) is 4.98 Å². The minimum absolute atomic E-state index is 0.272. The van der Waals surface area contributed by atoms with Gasteiger partial charge >= 0.3 is 0 Å². The first-order valence-corrected chi connectivity index (χ1v) is 5.92. The minimum Gasteiger partial charge on any atom is -0.350 e. The number of nitrogens with one attached hydrogen (secondary N) is 1. The normalized spacial score (nSPS) is 10.6. The zero-order valence-corrected chi connectivity index (χ0v) is 11.2. The van der Waals surface area contributed by atoms with Crippen LogP contribution in [0.25, 0.3) is 0 Å². The molecule has 0 spiro atoms. The van der Waals surface area contributed by atoms with Gasteiger partial charge in [0.25, 0.3) is 11.9 Å². The van der Waals surface area contributed by atoms with Crippen molar-refractivity contribution in [2.45, 2.75) is 6.92 Å². The van der Waals surface area contributed by atoms with E-state index < -0.39 is 29.2 Å². The van der Waals surface area contributed by atoms with Crippen molar-refractivity contribution in [1.29, 1.82) is 0 Å². The van der Waals surface area contributed by atoms with Gasteiger partial charge in [-0.1, -0.05) is 6.07 Å². The SMILES string of the molecule is Cc1ccc(Nc2c(F)c(F)nc(F)c2F)c(Br)c1. The second-order valence-electron chi connectivity index (χ2n) is 3.80. The topological polar surface area (TPSA) is 24.9 Å². The van der Waals surface area contributed by atoms with Crippen molar-refractivity contribution in [3.05, 3.63) is 51.8 Å². The average Bonchev–Trinajstić information content (AvgIpc) is 2.34. The summed E-state index contributed by atoms with van der Waals surface area (Å²) in [6.07, 6.45) is 0. The van der Waals surface area contributed by atoms with Gasteiger partial charge in [0.15, 0.2) is 0 Å². The lowest BCUT2D eigenvalue weighted by Crippen LogP contribution is -2.06. The molecule has 0 atom stereocenters. The number of aromatic nitrogens is 1. The van der Waals surface area contributed by atoms with E-state index in [0.717, 1.165) is 5.56 Å². The first-order chi connectivity index (χ1) is 8.90. The number of rotatable bonds is 2. The summed E-state index contributed by atoms with van der Waals surface area (Å²) in [5.41, 5.74) is 0.258. The van der Waals surface area contributed by atoms with Crippen molar-refractivity contribution in [2.75, 3.05) is 5.32 Å². The molecule has 0 aliphatic heterocycles. The smallest absolute Gasteiger partial charge is 0.253 e. The first-order valence-electron chi connectivity index (χ1n) is 5.13. The van der Waals surface area contributed by atoms with Gasteiger partial charge in [0.1, 0.15) is 5.69 Å². The van der Waals surface area contributed by atoms with Crippen LogP contribution >= 0.6 is 15.9 Å². The molecular formula is C12H7BrF4N2. The molecule has 0 aliphatic carbocycles. The van der Waals surface area contributed by atoms with Gasteiger partial charge in [-0.2, -0.15) is 22.5 Å². The summed E-state index contributed by atoms with van der Waals surface area (Å²) in [4.78, 5) is 2.48. The number of pyridine rings is 1. The maximum atomic E-state index is 13.4. The Morgan fingerprint density at radius 3 is 2.16 bits per heavy atom. The largest absolute Gasteiger partial charge is 0.350 e. The predicted molar refractivity (Wildman–Crippen MR) is 66.2 cm³/mol. The molecule has 0 aliphatic rings. The molecule has 2 nitrogen and oxygen atoms in total. The summed E-state index contributed by atoms with van der Waals surface area (Å²) in [7, 11) is 0. The van der Waals surface area contributed by atoms with Crippen LogP contribution in [0.4, 0.5) is 28.9 Å². The van der Waals surface area contributed by atoms with Crippen LogP contribution in [-0.2, 0) is 0 Å². The van der Waals surface area contributed by atoms with Crippen LogP contribution in [0.5, 0.6) is 0 Å². The summed E-state index contributed by atoms with van der Waals surface area (Å²) < 4.78 is 53.2. The quantitative estimate of drug-likeness (QED) is 0.648. The lowest BCUT2D eigenvalue weighted by molar-refractivity contribution is 0.411. The molecule has 0 bridgehead atoms. The molecule has 1 N–H and O–H groups in total. The van der Waals surface area contributed by atoms with Gasteiger partial charge in [-0.15, -0.1) is 0 Å². The molecule has 0 amide bonds. The molecule has 100 valence electrons. The first kappa shape index (κ1) is 13.8. The molecule has 1 heterocycles. The zero-order chi connectivity index (χ0) is 14.2. The van der Waals surface area contributed by atoms with Gasteiger partial charge in [0.2, 0.25) is 11.6 Å². The highest BCUT2D eigenvalue weighted by molar-refractivity contribution is 9.10. The second-order valence-corrected chi connectivity index (χ2v) is 4.66. The average molecular weight is 335 g/mol. The van der Waals surface area contributed by atoms with Gasteiger partial charge < -0.3 is 5.32 Å². The van der Waals surface area contributed by atoms with E-state index in [-0.39, 0.29) is 5.69 Å². The van der Waals surface area contributed by atoms with Crippen molar-refractivity contribution >= 4 is 27.3 Å². The van der Waals surface area contributed by atoms with Gasteiger partial charge in [-0.05, 0) is 40.5 Å². The van der Waals surface area contributed by atoms with Crippen molar-refractivity contribution in [3.63, 3.8) is 0 Å². The predicted octanol–water partition coefficient (Wildman–Crippen LogP) is 4.45. The molecule has 0 saturated carbocycles. The molecule has 2 aromatic rings. The van der Waals surface area contributed by atoms with Crippen LogP contribution in [0.2, 0.25) is 0 Å². The fourth-order valence-electron chi connectivity index (χ4n) is 1.45. The Morgan fingerprint density at radius 2 is 1.63 bits per heavy atom. The summed E-state index contributed by atoms with van der Waals surface area (Å²) >= 11 is 3.18. The number of hydrogen-bond acceptors (Lipinski definition) is 2. The fraction of sp³-hybridized carbons (Fsp3) is 0.0833. The lowest BCUT2D eigenvalue weighted by Gasteiger charge is -2.11. The van der Waals surface area contributed by atoms with E-state index in [2.05, 4.69) is 26.2 Å². The third-order valence-electron chi connectivity index (χ3n) is 2.38. The van der Waals surface area contributed by atoms with Crippen LogP contribution in [0, 0.1) is 30.5 Å². The van der Waals surface area contributed by atoms with E-state index >= 15 is 0 Å². The zero-order valence-electron chi connectivity index (χ0n) is 9.57. The molecule has 1 aromatic carbocycles. The molecular weight excluding hydrogens is 328 g/mol. The number of hydrogen-bond donors (Lipinski definition) is 1. The molecule has 0 unspecified atom stereocenters. The van der Waals surface area contributed by atoms with Crippen molar-refractivity contribution in [2.24, 2.45) is 0 Å². The van der Waals surface area contributed by atoms with E-state index in [1.807, 2.05) is 6.92 Å². The van der Waals surface area contributed by atoms with E-state index in [9.17, 15) is 17.6 Å². The minimum atomic E-state index is -1.70. The molecule has 2 rings (SSSR count). The maximum Gasteiger partial charge on any atom is 0.253 e. The van der Waals surface area contributed by atoms with Gasteiger partial charge in [0, 0.05) is 4.47 Å². The summed E-state index contributed by atoms with van der Waals surface area (Å²) in [6, 6.07) is 4.89. The summed E-state index contributed by atoms with van der Waals surface area (Å²) in [6.45, 7) is 1.82. The summed E-state index contributed by atoms with van der Waals surface area (Å²) in [5, 5.41) is 2.30. The van der Waals surface area contributed by atoms with E-state index in [0.29, 0.717) is 4.47 Å². The van der Waals surface area contributed by atoms with Gasteiger partial charge in [0.05, 0.1) is 5.69 Å². The molecule has 7 heteroatoms. The highest BCUT2D eigenvalue weighted by Crippen LogP contribution is 2.30.